The Kier molecular flexibility index (Phi) is 1.71. The molecule has 1 fully saturated rings. The van der Waals surface area contributed by atoms with Gasteiger partial charge in [0.2, 0.25) is 5.91 Å². The third-order valence-electron chi connectivity index (χ3n) is 1.61. The number of amides is 1. The van der Waals surface area contributed by atoms with Crippen molar-refractivity contribution in [2.75, 3.05) is 0 Å². The van der Waals surface area contributed by atoms with E-state index in [4.69, 9.17) is 5.11 Å². The molecule has 3 nitrogen and oxygen atoms in total. The number of carbonyl (C=O) groups excluding carboxylic acids is 1. The SMILES string of the molecule is C[C@H](O)[C@H]1CCC(=O)N1. The second kappa shape index (κ2) is 2.35. The molecule has 1 aliphatic rings. The summed E-state index contributed by atoms with van der Waals surface area (Å²) in [5.41, 5.74) is 0. The molecule has 9 heavy (non-hydrogen) atoms. The fourth-order valence-corrected chi connectivity index (χ4v) is 1.000. The molecule has 1 amide bonds. The van der Waals surface area contributed by atoms with Gasteiger partial charge in [-0.2, -0.15) is 0 Å². The zero-order chi connectivity index (χ0) is 6.85. The number of hydrogen-bond acceptors (Lipinski definition) is 2. The first kappa shape index (κ1) is 6.55. The summed E-state index contributed by atoms with van der Waals surface area (Å²) in [5.74, 6) is 0.0564. The van der Waals surface area contributed by atoms with E-state index in [-0.39, 0.29) is 11.9 Å². The van der Waals surface area contributed by atoms with Gasteiger partial charge in [-0.15, -0.1) is 0 Å². The van der Waals surface area contributed by atoms with Crippen LogP contribution < -0.4 is 5.32 Å². The van der Waals surface area contributed by atoms with Crippen molar-refractivity contribution >= 4 is 5.91 Å². The number of rotatable bonds is 1. The van der Waals surface area contributed by atoms with Crippen molar-refractivity contribution in [1.82, 2.24) is 5.32 Å². The van der Waals surface area contributed by atoms with E-state index in [0.717, 1.165) is 6.42 Å². The molecule has 2 N–H and O–H groups in total. The molecule has 1 rings (SSSR count). The van der Waals surface area contributed by atoms with Crippen LogP contribution >= 0.6 is 0 Å². The lowest BCUT2D eigenvalue weighted by atomic mass is 10.1. The molecule has 0 spiro atoms. The molecule has 1 aliphatic heterocycles. The molecule has 0 aromatic heterocycles. The first-order valence-electron chi connectivity index (χ1n) is 3.17. The number of aliphatic hydroxyl groups is 1. The molecule has 2 atom stereocenters. The van der Waals surface area contributed by atoms with Gasteiger partial charge in [-0.05, 0) is 13.3 Å². The van der Waals surface area contributed by atoms with Crippen LogP contribution in [0, 0.1) is 0 Å². The minimum absolute atomic E-state index is 0.00231. The first-order valence-corrected chi connectivity index (χ1v) is 3.17. The van der Waals surface area contributed by atoms with E-state index in [2.05, 4.69) is 5.32 Å². The summed E-state index contributed by atoms with van der Waals surface area (Å²) in [6.45, 7) is 1.69. The van der Waals surface area contributed by atoms with E-state index in [1.54, 1.807) is 6.92 Å². The molecule has 0 aromatic carbocycles. The predicted molar refractivity (Wildman–Crippen MR) is 32.8 cm³/mol. The number of aliphatic hydroxyl groups excluding tert-OH is 1. The Bertz CT molecular complexity index is 122. The van der Waals surface area contributed by atoms with E-state index < -0.39 is 6.10 Å². The minimum Gasteiger partial charge on any atom is -0.391 e. The number of hydrogen-bond donors (Lipinski definition) is 2. The molecule has 0 aromatic rings. The Morgan fingerprint density at radius 1 is 1.89 bits per heavy atom. The number of nitrogens with one attached hydrogen (secondary N) is 1. The van der Waals surface area contributed by atoms with Crippen LogP contribution in [0.25, 0.3) is 0 Å². The molecule has 1 saturated heterocycles. The lowest BCUT2D eigenvalue weighted by Gasteiger charge is -2.11. The third-order valence-corrected chi connectivity index (χ3v) is 1.61. The highest BCUT2D eigenvalue weighted by Gasteiger charge is 2.23. The third kappa shape index (κ3) is 1.42. The predicted octanol–water partition coefficient (Wildman–Crippen LogP) is -0.354. The number of carbonyl (C=O) groups is 1. The molecule has 0 aliphatic carbocycles. The average Bonchev–Trinajstić information content (AvgIpc) is 2.14. The summed E-state index contributed by atoms with van der Waals surface area (Å²) < 4.78 is 0. The van der Waals surface area contributed by atoms with Gasteiger partial charge in [0, 0.05) is 6.42 Å². The van der Waals surface area contributed by atoms with Crippen LogP contribution in [0.3, 0.4) is 0 Å². The summed E-state index contributed by atoms with van der Waals surface area (Å²) in [6, 6.07) is -0.00231. The lowest BCUT2D eigenvalue weighted by molar-refractivity contribution is -0.119. The maximum atomic E-state index is 10.5. The van der Waals surface area contributed by atoms with Crippen molar-refractivity contribution in [3.05, 3.63) is 0 Å². The normalized spacial score (nSPS) is 30.0. The Morgan fingerprint density at radius 3 is 2.78 bits per heavy atom. The second-order valence-corrected chi connectivity index (χ2v) is 2.45. The molecule has 52 valence electrons. The van der Waals surface area contributed by atoms with Gasteiger partial charge in [-0.3, -0.25) is 4.79 Å². The Morgan fingerprint density at radius 2 is 2.56 bits per heavy atom. The van der Waals surface area contributed by atoms with Crippen LogP contribution in [-0.2, 0) is 4.79 Å². The Labute approximate surface area is 54.1 Å². The summed E-state index contributed by atoms with van der Waals surface area (Å²) in [4.78, 5) is 10.5. The van der Waals surface area contributed by atoms with E-state index in [9.17, 15) is 4.79 Å². The zero-order valence-electron chi connectivity index (χ0n) is 5.42. The van der Waals surface area contributed by atoms with Gasteiger partial charge in [0.25, 0.3) is 0 Å². The second-order valence-electron chi connectivity index (χ2n) is 2.45. The van der Waals surface area contributed by atoms with Crippen molar-refractivity contribution < 1.29 is 9.90 Å². The highest BCUT2D eigenvalue weighted by Crippen LogP contribution is 2.09. The molecule has 0 saturated carbocycles. The van der Waals surface area contributed by atoms with Crippen molar-refractivity contribution in [3.8, 4) is 0 Å². The molecule has 3 heteroatoms. The minimum atomic E-state index is -0.406. The van der Waals surface area contributed by atoms with Crippen LogP contribution in [0.15, 0.2) is 0 Å². The van der Waals surface area contributed by atoms with Crippen molar-refractivity contribution in [2.24, 2.45) is 0 Å². The van der Waals surface area contributed by atoms with E-state index >= 15 is 0 Å². The van der Waals surface area contributed by atoms with Crippen LogP contribution in [0.2, 0.25) is 0 Å². The van der Waals surface area contributed by atoms with E-state index in [1.165, 1.54) is 0 Å². The maximum absolute atomic E-state index is 10.5. The lowest BCUT2D eigenvalue weighted by Crippen LogP contribution is -2.34. The summed E-state index contributed by atoms with van der Waals surface area (Å²) in [6.07, 6.45) is 0.933. The quantitative estimate of drug-likeness (QED) is 0.508. The Balaban J connectivity index is 2.39. The fourth-order valence-electron chi connectivity index (χ4n) is 1.000. The van der Waals surface area contributed by atoms with Gasteiger partial charge in [0.1, 0.15) is 0 Å². The monoisotopic (exact) mass is 129 g/mol. The van der Waals surface area contributed by atoms with E-state index in [0.29, 0.717) is 6.42 Å². The van der Waals surface area contributed by atoms with Gasteiger partial charge < -0.3 is 10.4 Å². The van der Waals surface area contributed by atoms with Crippen molar-refractivity contribution in [1.29, 1.82) is 0 Å². The van der Waals surface area contributed by atoms with Gasteiger partial charge in [0.15, 0.2) is 0 Å². The van der Waals surface area contributed by atoms with E-state index in [1.807, 2.05) is 0 Å². The molecule has 0 unspecified atom stereocenters. The topological polar surface area (TPSA) is 49.3 Å². The maximum Gasteiger partial charge on any atom is 0.220 e. The highest BCUT2D eigenvalue weighted by molar-refractivity contribution is 5.78. The fraction of sp³-hybridized carbons (Fsp3) is 0.833. The van der Waals surface area contributed by atoms with Gasteiger partial charge in [-0.1, -0.05) is 0 Å². The zero-order valence-corrected chi connectivity index (χ0v) is 5.42. The van der Waals surface area contributed by atoms with Crippen LogP contribution in [0.5, 0.6) is 0 Å². The molecule has 0 radical (unpaired) electrons. The van der Waals surface area contributed by atoms with Crippen LogP contribution in [0.1, 0.15) is 19.8 Å². The smallest absolute Gasteiger partial charge is 0.220 e. The van der Waals surface area contributed by atoms with Gasteiger partial charge >= 0.3 is 0 Å². The van der Waals surface area contributed by atoms with Crippen molar-refractivity contribution in [2.45, 2.75) is 31.9 Å². The van der Waals surface area contributed by atoms with Gasteiger partial charge in [-0.25, -0.2) is 0 Å². The summed E-state index contributed by atoms with van der Waals surface area (Å²) in [5, 5.41) is 11.6. The molecular weight excluding hydrogens is 118 g/mol. The van der Waals surface area contributed by atoms with Crippen molar-refractivity contribution in [3.63, 3.8) is 0 Å². The van der Waals surface area contributed by atoms with Crippen LogP contribution in [-0.4, -0.2) is 23.2 Å². The molecule has 0 bridgehead atoms. The summed E-state index contributed by atoms with van der Waals surface area (Å²) in [7, 11) is 0. The van der Waals surface area contributed by atoms with Gasteiger partial charge in [0.05, 0.1) is 12.1 Å². The standard InChI is InChI=1S/C6H11NO2/c1-4(8)5-2-3-6(9)7-5/h4-5,8H,2-3H2,1H3,(H,7,9)/t4-,5+/m0/s1. The molecular formula is C6H11NO2. The Hall–Kier alpha value is -0.570. The molecule has 1 heterocycles. The highest BCUT2D eigenvalue weighted by atomic mass is 16.3. The largest absolute Gasteiger partial charge is 0.391 e. The van der Waals surface area contributed by atoms with Crippen LogP contribution in [0.4, 0.5) is 0 Å². The average molecular weight is 129 g/mol. The summed E-state index contributed by atoms with van der Waals surface area (Å²) >= 11 is 0. The first-order chi connectivity index (χ1) is 4.20.